The molecule has 0 bridgehead atoms. The number of hydrogen-bond donors (Lipinski definition) is 4. The minimum Gasteiger partial charge on any atom is -0.391 e. The highest BCUT2D eigenvalue weighted by atomic mass is 32.1. The number of aliphatic hydroxyl groups is 1. The Hall–Kier alpha value is -2.86. The average Bonchev–Trinajstić information content (AvgIpc) is 3.52. The van der Waals surface area contributed by atoms with E-state index in [1.165, 1.54) is 4.90 Å². The lowest BCUT2D eigenvalue weighted by molar-refractivity contribution is -0.144. The summed E-state index contributed by atoms with van der Waals surface area (Å²) in [5, 5.41) is 19.3. The van der Waals surface area contributed by atoms with Crippen LogP contribution in [0.15, 0.2) is 29.8 Å². The summed E-state index contributed by atoms with van der Waals surface area (Å²) in [6, 6.07) is 6.71. The lowest BCUT2D eigenvalue weighted by Gasteiger charge is -2.35. The fraction of sp³-hybridized carbons (Fsp3) is 0.571. The van der Waals surface area contributed by atoms with Crippen LogP contribution >= 0.6 is 11.3 Å². The number of carbonyl (C=O) groups excluding carboxylic acids is 3. The highest BCUT2D eigenvalue weighted by Crippen LogP contribution is 2.31. The maximum absolute atomic E-state index is 13.7. The summed E-state index contributed by atoms with van der Waals surface area (Å²) >= 11 is 1.59. The Bertz CT molecular complexity index is 1160. The molecule has 212 valence electrons. The van der Waals surface area contributed by atoms with Crippen LogP contribution < -0.4 is 16.0 Å². The van der Waals surface area contributed by atoms with Crippen molar-refractivity contribution in [2.75, 3.05) is 32.8 Å². The first-order valence-electron chi connectivity index (χ1n) is 13.4. The van der Waals surface area contributed by atoms with Gasteiger partial charge >= 0.3 is 0 Å². The zero-order chi connectivity index (χ0) is 28.2. The van der Waals surface area contributed by atoms with Crippen molar-refractivity contribution in [3.05, 3.63) is 41.0 Å². The maximum Gasteiger partial charge on any atom is 0.243 e. The first-order chi connectivity index (χ1) is 18.5. The van der Waals surface area contributed by atoms with E-state index in [9.17, 15) is 19.5 Å². The fourth-order valence-corrected chi connectivity index (χ4v) is 5.80. The van der Waals surface area contributed by atoms with Gasteiger partial charge < -0.3 is 30.7 Å². The largest absolute Gasteiger partial charge is 0.391 e. The third-order valence-corrected chi connectivity index (χ3v) is 8.33. The lowest BCUT2D eigenvalue weighted by Crippen LogP contribution is -2.55. The monoisotopic (exact) mass is 557 g/mol. The third-order valence-electron chi connectivity index (χ3n) is 7.36. The normalized spacial score (nSPS) is 22.4. The lowest BCUT2D eigenvalue weighted by atomic mass is 9.79. The van der Waals surface area contributed by atoms with Gasteiger partial charge in [0.25, 0.3) is 0 Å². The second kappa shape index (κ2) is 12.5. The van der Waals surface area contributed by atoms with E-state index in [1.807, 2.05) is 57.5 Å². The van der Waals surface area contributed by atoms with E-state index in [0.717, 1.165) is 21.7 Å². The van der Waals surface area contributed by atoms with Crippen molar-refractivity contribution >= 4 is 29.1 Å². The maximum atomic E-state index is 13.7. The molecule has 3 amide bonds. The molecule has 2 saturated heterocycles. The average molecular weight is 558 g/mol. The fourth-order valence-electron chi connectivity index (χ4n) is 4.99. The number of carbonyl (C=O) groups is 3. The molecule has 10 nitrogen and oxygen atoms in total. The minimum atomic E-state index is -0.787. The number of aryl methyl sites for hydroxylation is 1. The number of aliphatic hydroxyl groups excluding tert-OH is 1. The molecule has 0 saturated carbocycles. The number of morpholine rings is 1. The number of nitrogens with one attached hydrogen (secondary N) is 3. The molecular weight excluding hydrogens is 518 g/mol. The van der Waals surface area contributed by atoms with Crippen LogP contribution in [0.4, 0.5) is 0 Å². The van der Waals surface area contributed by atoms with Crippen LogP contribution in [0.25, 0.3) is 10.4 Å². The van der Waals surface area contributed by atoms with E-state index >= 15 is 0 Å². The van der Waals surface area contributed by atoms with Gasteiger partial charge in [0.05, 0.1) is 41.3 Å². The molecule has 2 aromatic rings. The van der Waals surface area contributed by atoms with Crippen molar-refractivity contribution in [1.82, 2.24) is 25.8 Å². The number of hydrogen-bond acceptors (Lipinski definition) is 8. The number of likely N-dealkylation sites (tertiary alicyclic amines) is 1. The van der Waals surface area contributed by atoms with Crippen molar-refractivity contribution < 1.29 is 24.2 Å². The summed E-state index contributed by atoms with van der Waals surface area (Å²) in [6.45, 7) is 9.74. The van der Waals surface area contributed by atoms with Gasteiger partial charge in [0.15, 0.2) is 0 Å². The van der Waals surface area contributed by atoms with Crippen molar-refractivity contribution in [3.8, 4) is 10.4 Å². The summed E-state index contributed by atoms with van der Waals surface area (Å²) in [4.78, 5) is 46.5. The molecule has 11 heteroatoms. The molecule has 1 aromatic heterocycles. The number of rotatable bonds is 8. The number of benzene rings is 1. The molecule has 2 fully saturated rings. The number of nitrogens with zero attached hydrogens (tertiary/aromatic N) is 2. The molecule has 3 heterocycles. The molecule has 2 aliphatic heterocycles. The van der Waals surface area contributed by atoms with Crippen molar-refractivity contribution in [2.24, 2.45) is 11.3 Å². The number of β-amino-alcohol motifs (C(OH)–C–C–N with tert-alkyl or cyclic N) is 1. The predicted octanol–water partition coefficient (Wildman–Crippen LogP) is 1.46. The number of thiazole rings is 1. The summed E-state index contributed by atoms with van der Waals surface area (Å²) < 4.78 is 5.37. The Morgan fingerprint density at radius 3 is 2.56 bits per heavy atom. The molecule has 39 heavy (non-hydrogen) atoms. The van der Waals surface area contributed by atoms with Crippen molar-refractivity contribution in [3.63, 3.8) is 0 Å². The Morgan fingerprint density at radius 1 is 1.21 bits per heavy atom. The van der Waals surface area contributed by atoms with Gasteiger partial charge in [-0.15, -0.1) is 11.3 Å². The molecule has 4 N–H and O–H groups in total. The first-order valence-corrected chi connectivity index (χ1v) is 14.3. The van der Waals surface area contributed by atoms with Crippen LogP contribution in [0.5, 0.6) is 0 Å². The SMILES string of the molecule is Cc1ncsc1-c1ccc(CNC(=O)[C@@H]2C[C@@H](O)CN2C(=O)[C@@H](CNC(=O)[C@@H]2COCCN2)C(C)(C)C)cc1. The van der Waals surface area contributed by atoms with Crippen LogP contribution in [-0.4, -0.2) is 83.7 Å². The molecule has 0 aliphatic carbocycles. The molecule has 0 radical (unpaired) electrons. The van der Waals surface area contributed by atoms with Crippen LogP contribution in [0.2, 0.25) is 0 Å². The van der Waals surface area contributed by atoms with E-state index < -0.39 is 29.5 Å². The second-order valence-corrected chi connectivity index (χ2v) is 12.2. The number of ether oxygens (including phenoxy) is 1. The van der Waals surface area contributed by atoms with Gasteiger partial charge in [-0.3, -0.25) is 14.4 Å². The predicted molar refractivity (Wildman–Crippen MR) is 149 cm³/mol. The summed E-state index contributed by atoms with van der Waals surface area (Å²) in [5.41, 5.74) is 4.34. The van der Waals surface area contributed by atoms with E-state index in [4.69, 9.17) is 4.74 Å². The van der Waals surface area contributed by atoms with Crippen molar-refractivity contribution in [1.29, 1.82) is 0 Å². The minimum absolute atomic E-state index is 0.0817. The highest BCUT2D eigenvalue weighted by Gasteiger charge is 2.44. The molecule has 0 spiro atoms. The topological polar surface area (TPSA) is 133 Å². The quantitative estimate of drug-likeness (QED) is 0.386. The van der Waals surface area contributed by atoms with Crippen LogP contribution in [-0.2, 0) is 25.7 Å². The molecule has 4 atom stereocenters. The molecule has 2 aliphatic rings. The van der Waals surface area contributed by atoms with Gasteiger partial charge in [-0.05, 0) is 23.5 Å². The Labute approximate surface area is 233 Å². The molecular formula is C28H39N5O5S. The number of aromatic nitrogens is 1. The van der Waals surface area contributed by atoms with E-state index in [0.29, 0.717) is 19.7 Å². The Morgan fingerprint density at radius 2 is 1.95 bits per heavy atom. The van der Waals surface area contributed by atoms with Crippen molar-refractivity contribution in [2.45, 2.75) is 58.8 Å². The van der Waals surface area contributed by atoms with Crippen LogP contribution in [0.3, 0.4) is 0 Å². The summed E-state index contributed by atoms with van der Waals surface area (Å²) in [7, 11) is 0. The standard InChI is InChI=1S/C28H39N5O5S/c1-17-24(39-16-32-17)19-7-5-18(6-8-19)12-30-26(36)23-11-20(34)14-33(23)27(37)21(28(2,3)4)13-31-25(35)22-15-38-10-9-29-22/h5-8,16,20-23,29,34H,9-15H2,1-4H3,(H,30,36)(H,31,35)/t20-,21-,22+,23+/m1/s1. The molecule has 1 aromatic carbocycles. The zero-order valence-corrected chi connectivity index (χ0v) is 23.8. The zero-order valence-electron chi connectivity index (χ0n) is 23.0. The van der Waals surface area contributed by atoms with E-state index in [-0.39, 0.29) is 43.8 Å². The summed E-state index contributed by atoms with van der Waals surface area (Å²) in [6.07, 6.45) is -0.612. The van der Waals surface area contributed by atoms with E-state index in [1.54, 1.807) is 11.3 Å². The van der Waals surface area contributed by atoms with Gasteiger partial charge in [-0.1, -0.05) is 45.0 Å². The van der Waals surface area contributed by atoms with Crippen LogP contribution in [0.1, 0.15) is 38.4 Å². The Balaban J connectivity index is 1.38. The smallest absolute Gasteiger partial charge is 0.243 e. The Kier molecular flexibility index (Phi) is 9.37. The molecule has 0 unspecified atom stereocenters. The van der Waals surface area contributed by atoms with E-state index in [2.05, 4.69) is 20.9 Å². The van der Waals surface area contributed by atoms with Gasteiger partial charge in [-0.2, -0.15) is 0 Å². The summed E-state index contributed by atoms with van der Waals surface area (Å²) in [5.74, 6) is -1.35. The first kappa shape index (κ1) is 29.1. The van der Waals surface area contributed by atoms with Gasteiger partial charge in [0, 0.05) is 32.6 Å². The second-order valence-electron chi connectivity index (χ2n) is 11.3. The third kappa shape index (κ3) is 7.21. The molecule has 4 rings (SSSR count). The highest BCUT2D eigenvalue weighted by molar-refractivity contribution is 7.13. The number of amides is 3. The van der Waals surface area contributed by atoms with Gasteiger partial charge in [0.1, 0.15) is 12.1 Å². The van der Waals surface area contributed by atoms with Crippen LogP contribution in [0, 0.1) is 18.3 Å². The van der Waals surface area contributed by atoms with Gasteiger partial charge in [-0.25, -0.2) is 4.98 Å². The van der Waals surface area contributed by atoms with Gasteiger partial charge in [0.2, 0.25) is 17.7 Å².